The molecule has 0 spiro atoms. The first-order chi connectivity index (χ1) is 15.4. The summed E-state index contributed by atoms with van der Waals surface area (Å²) in [4.78, 5) is 12.8. The first-order valence-corrected chi connectivity index (χ1v) is 12.1. The van der Waals surface area contributed by atoms with Crippen molar-refractivity contribution in [1.29, 1.82) is 0 Å². The average Bonchev–Trinajstić information content (AvgIpc) is 2.79. The number of aryl methyl sites for hydroxylation is 1. The van der Waals surface area contributed by atoms with Gasteiger partial charge in [-0.05, 0) is 66.8 Å². The number of sulfonamides is 1. The van der Waals surface area contributed by atoms with Crippen molar-refractivity contribution in [2.24, 2.45) is 0 Å². The molecule has 3 aromatic rings. The van der Waals surface area contributed by atoms with E-state index in [1.807, 2.05) is 12.1 Å². The summed E-state index contributed by atoms with van der Waals surface area (Å²) in [5.74, 6) is -0.699. The predicted molar refractivity (Wildman–Crippen MR) is 125 cm³/mol. The van der Waals surface area contributed by atoms with Gasteiger partial charge in [0.1, 0.15) is 5.82 Å². The number of para-hydroxylation sites is 1. The first kappa shape index (κ1) is 23.5. The Kier molecular flexibility index (Phi) is 8.00. The molecule has 3 aromatic carbocycles. The largest absolute Gasteiger partial charge is 0.352 e. The second-order valence-electron chi connectivity index (χ2n) is 7.53. The van der Waals surface area contributed by atoms with Gasteiger partial charge in [-0.2, -0.15) is 0 Å². The van der Waals surface area contributed by atoms with Crippen LogP contribution in [0.3, 0.4) is 0 Å². The fraction of sp³-hybridized carbons (Fsp3) is 0.240. The maximum atomic E-state index is 13.0. The molecule has 5 nitrogen and oxygen atoms in total. The molecule has 0 radical (unpaired) electrons. The van der Waals surface area contributed by atoms with Crippen molar-refractivity contribution < 1.29 is 17.6 Å². The molecule has 0 atom stereocenters. The van der Waals surface area contributed by atoms with E-state index in [4.69, 9.17) is 0 Å². The number of hydrogen-bond acceptors (Lipinski definition) is 3. The van der Waals surface area contributed by atoms with Crippen LogP contribution in [-0.4, -0.2) is 20.9 Å². The van der Waals surface area contributed by atoms with Crippen LogP contribution in [0, 0.1) is 5.82 Å². The minimum absolute atomic E-state index is 0.143. The molecule has 1 amide bonds. The number of nitrogens with one attached hydrogen (secondary N) is 2. The van der Waals surface area contributed by atoms with Crippen molar-refractivity contribution in [3.05, 3.63) is 95.3 Å². The number of hydrogen-bond donors (Lipinski definition) is 2. The van der Waals surface area contributed by atoms with Gasteiger partial charge in [0, 0.05) is 6.54 Å². The normalized spacial score (nSPS) is 11.2. The maximum Gasteiger partial charge on any atom is 0.261 e. The second-order valence-corrected chi connectivity index (χ2v) is 9.21. The van der Waals surface area contributed by atoms with Gasteiger partial charge in [-0.25, -0.2) is 12.8 Å². The van der Waals surface area contributed by atoms with E-state index >= 15 is 0 Å². The highest BCUT2D eigenvalue weighted by Gasteiger charge is 2.18. The van der Waals surface area contributed by atoms with Gasteiger partial charge in [0.15, 0.2) is 0 Å². The fourth-order valence-corrected chi connectivity index (χ4v) is 4.34. The van der Waals surface area contributed by atoms with Crippen molar-refractivity contribution >= 4 is 21.6 Å². The molecule has 7 heteroatoms. The Hall–Kier alpha value is -3.19. The molecule has 2 N–H and O–H groups in total. The van der Waals surface area contributed by atoms with Gasteiger partial charge in [0.25, 0.3) is 15.9 Å². The zero-order chi connectivity index (χ0) is 23.0. The van der Waals surface area contributed by atoms with Crippen molar-refractivity contribution in [1.82, 2.24) is 5.32 Å². The van der Waals surface area contributed by atoms with Gasteiger partial charge in [0.2, 0.25) is 0 Å². The van der Waals surface area contributed by atoms with Gasteiger partial charge < -0.3 is 5.32 Å². The molecule has 0 bridgehead atoms. The Balaban J connectivity index is 1.67. The second kappa shape index (κ2) is 10.9. The summed E-state index contributed by atoms with van der Waals surface area (Å²) in [5, 5.41) is 2.79. The summed E-state index contributed by atoms with van der Waals surface area (Å²) in [6.07, 6.45) is 3.56. The quantitative estimate of drug-likeness (QED) is 0.456. The molecule has 168 valence electrons. The molecule has 0 aliphatic rings. The molecule has 0 unspecified atom stereocenters. The molecule has 3 rings (SSSR count). The van der Waals surface area contributed by atoms with Gasteiger partial charge in [-0.1, -0.05) is 49.7 Å². The minimum Gasteiger partial charge on any atom is -0.352 e. The molecule has 0 aliphatic heterocycles. The monoisotopic (exact) mass is 454 g/mol. The number of halogens is 1. The third-order valence-electron chi connectivity index (χ3n) is 5.08. The molecule has 0 fully saturated rings. The Morgan fingerprint density at radius 3 is 2.19 bits per heavy atom. The average molecular weight is 455 g/mol. The van der Waals surface area contributed by atoms with E-state index in [-0.39, 0.29) is 27.9 Å². The standard InChI is InChI=1S/C25H27FN2O3S/c1-2-3-6-19-11-15-22(16-12-19)32(30,31)28-24-8-5-4-7-23(24)25(29)27-18-17-20-9-13-21(26)14-10-20/h4-5,7-16,28H,2-3,6,17-18H2,1H3,(H,27,29). The third kappa shape index (κ3) is 6.40. The summed E-state index contributed by atoms with van der Waals surface area (Å²) >= 11 is 0. The van der Waals surface area contributed by atoms with Gasteiger partial charge in [-0.3, -0.25) is 9.52 Å². The number of rotatable bonds is 10. The molecule has 0 heterocycles. The summed E-state index contributed by atoms with van der Waals surface area (Å²) in [6.45, 7) is 2.45. The number of carbonyl (C=O) groups excluding carboxylic acids is 1. The number of amides is 1. The summed E-state index contributed by atoms with van der Waals surface area (Å²) in [5.41, 5.74) is 2.42. The maximum absolute atomic E-state index is 13.0. The number of benzene rings is 3. The van der Waals surface area contributed by atoms with Gasteiger partial charge in [-0.15, -0.1) is 0 Å². The van der Waals surface area contributed by atoms with E-state index in [1.165, 1.54) is 12.1 Å². The lowest BCUT2D eigenvalue weighted by atomic mass is 10.1. The van der Waals surface area contributed by atoms with E-state index in [0.29, 0.717) is 13.0 Å². The lowest BCUT2D eigenvalue weighted by molar-refractivity contribution is 0.0955. The molecular formula is C25H27FN2O3S. The highest BCUT2D eigenvalue weighted by Crippen LogP contribution is 2.21. The minimum atomic E-state index is -3.84. The molecule has 0 saturated heterocycles. The predicted octanol–water partition coefficient (Wildman–Crippen LogP) is 4.94. The van der Waals surface area contributed by atoms with Crippen LogP contribution in [0.2, 0.25) is 0 Å². The lowest BCUT2D eigenvalue weighted by Gasteiger charge is -2.13. The SMILES string of the molecule is CCCCc1ccc(S(=O)(=O)Nc2ccccc2C(=O)NCCc2ccc(F)cc2)cc1. The van der Waals surface area contributed by atoms with Gasteiger partial charge in [0.05, 0.1) is 16.1 Å². The molecule has 0 aliphatic carbocycles. The first-order valence-electron chi connectivity index (χ1n) is 10.6. The summed E-state index contributed by atoms with van der Waals surface area (Å²) in [7, 11) is -3.84. The van der Waals surface area contributed by atoms with Crippen LogP contribution in [0.4, 0.5) is 10.1 Å². The van der Waals surface area contributed by atoms with Crippen LogP contribution < -0.4 is 10.0 Å². The zero-order valence-corrected chi connectivity index (χ0v) is 18.8. The smallest absolute Gasteiger partial charge is 0.261 e. The summed E-state index contributed by atoms with van der Waals surface area (Å²) < 4.78 is 41.2. The van der Waals surface area contributed by atoms with Crippen LogP contribution in [-0.2, 0) is 22.9 Å². The van der Waals surface area contributed by atoms with Crippen molar-refractivity contribution in [3.63, 3.8) is 0 Å². The Morgan fingerprint density at radius 2 is 1.50 bits per heavy atom. The van der Waals surface area contributed by atoms with Gasteiger partial charge >= 0.3 is 0 Å². The highest BCUT2D eigenvalue weighted by molar-refractivity contribution is 7.92. The van der Waals surface area contributed by atoms with Crippen LogP contribution in [0.15, 0.2) is 77.7 Å². The van der Waals surface area contributed by atoms with Crippen molar-refractivity contribution in [2.75, 3.05) is 11.3 Å². The highest BCUT2D eigenvalue weighted by atomic mass is 32.2. The number of unbranched alkanes of at least 4 members (excludes halogenated alkanes) is 1. The number of anilines is 1. The Bertz CT molecular complexity index is 1140. The topological polar surface area (TPSA) is 75.3 Å². The zero-order valence-electron chi connectivity index (χ0n) is 18.0. The third-order valence-corrected chi connectivity index (χ3v) is 6.46. The molecule has 0 aromatic heterocycles. The molecule has 0 saturated carbocycles. The Morgan fingerprint density at radius 1 is 0.875 bits per heavy atom. The van der Waals surface area contributed by atoms with E-state index in [9.17, 15) is 17.6 Å². The molecular weight excluding hydrogens is 427 g/mol. The number of carbonyl (C=O) groups is 1. The Labute approximate surface area is 188 Å². The van der Waals surface area contributed by atoms with Crippen LogP contribution >= 0.6 is 0 Å². The van der Waals surface area contributed by atoms with E-state index in [2.05, 4.69) is 17.0 Å². The molecule has 32 heavy (non-hydrogen) atoms. The van der Waals surface area contributed by atoms with Crippen LogP contribution in [0.25, 0.3) is 0 Å². The van der Waals surface area contributed by atoms with Crippen molar-refractivity contribution in [2.45, 2.75) is 37.5 Å². The van der Waals surface area contributed by atoms with Crippen LogP contribution in [0.1, 0.15) is 41.3 Å². The van der Waals surface area contributed by atoms with E-state index < -0.39 is 10.0 Å². The van der Waals surface area contributed by atoms with E-state index in [0.717, 1.165) is 30.4 Å². The van der Waals surface area contributed by atoms with Crippen molar-refractivity contribution in [3.8, 4) is 0 Å². The summed E-state index contributed by atoms with van der Waals surface area (Å²) in [6, 6.07) is 19.3. The van der Waals surface area contributed by atoms with E-state index in [1.54, 1.807) is 48.5 Å². The fourth-order valence-electron chi connectivity index (χ4n) is 3.26. The lowest BCUT2D eigenvalue weighted by Crippen LogP contribution is -2.27. The van der Waals surface area contributed by atoms with Crippen LogP contribution in [0.5, 0.6) is 0 Å².